The predicted molar refractivity (Wildman–Crippen MR) is 266 cm³/mol. The first-order chi connectivity index (χ1) is 32.5. The largest absolute Gasteiger partial charge is 0.383 e. The third-order valence-electron chi connectivity index (χ3n) is 10.5. The van der Waals surface area contributed by atoms with Gasteiger partial charge in [-0.1, -0.05) is 107 Å². The molecule has 0 bridgehead atoms. The van der Waals surface area contributed by atoms with Gasteiger partial charge in [-0.05, 0) is 84.9 Å². The second kappa shape index (κ2) is 19.0. The summed E-state index contributed by atoms with van der Waals surface area (Å²) in [5.74, 6) is -0.733. The van der Waals surface area contributed by atoms with Crippen molar-refractivity contribution in [1.29, 1.82) is 10.5 Å². The summed E-state index contributed by atoms with van der Waals surface area (Å²) in [4.78, 5) is 22.1. The molecule has 19 heteroatoms. The average Bonchev–Trinajstić information content (AvgIpc) is 3.31. The Morgan fingerprint density at radius 1 is 0.500 bits per heavy atom. The standard InChI is InChI=1S/C49H30Cl4N8O5S2/c50-39-9-3-10-40(51)45(39)35-23-43(58-48(56)37(35)25-54)27-13-17-31(18-14-27)60-67(63,64)33-7-1-5-29(21-33)47(62)30-6-2-8-34(22-30)68(65,66)61-32-19-15-28(16-20-32)44-24-36(38(26-55)49(57)59-44)46-41(52)11-4-12-42(46)53/h1-24,60-61H,(H2,56,58)(H2,57,59). The van der Waals surface area contributed by atoms with Crippen molar-refractivity contribution in [2.24, 2.45) is 0 Å². The number of pyridine rings is 2. The van der Waals surface area contributed by atoms with E-state index in [0.29, 0.717) is 64.9 Å². The molecule has 0 saturated heterocycles. The molecule has 0 atom stereocenters. The van der Waals surface area contributed by atoms with Crippen LogP contribution in [0.2, 0.25) is 20.1 Å². The van der Waals surface area contributed by atoms with E-state index in [-0.39, 0.29) is 55.1 Å². The Morgan fingerprint density at radius 2 is 0.838 bits per heavy atom. The van der Waals surface area contributed by atoms with Gasteiger partial charge in [-0.2, -0.15) is 10.5 Å². The number of rotatable bonds is 12. The van der Waals surface area contributed by atoms with Gasteiger partial charge in [0.2, 0.25) is 0 Å². The van der Waals surface area contributed by atoms with Gasteiger partial charge in [0.05, 0.1) is 21.2 Å². The zero-order valence-corrected chi connectivity index (χ0v) is 39.3. The first-order valence-corrected chi connectivity index (χ1v) is 24.3. The quantitative estimate of drug-likeness (QED) is 0.0840. The number of anilines is 4. The smallest absolute Gasteiger partial charge is 0.261 e. The molecule has 0 radical (unpaired) electrons. The van der Waals surface area contributed by atoms with Crippen molar-refractivity contribution in [1.82, 2.24) is 9.97 Å². The van der Waals surface area contributed by atoms with E-state index >= 15 is 0 Å². The topological polar surface area (TPSA) is 235 Å². The number of nitrogen functional groups attached to an aromatic ring is 2. The van der Waals surface area contributed by atoms with Crippen LogP contribution < -0.4 is 20.9 Å². The third kappa shape index (κ3) is 9.54. The number of benzene rings is 6. The lowest BCUT2D eigenvalue weighted by atomic mass is 9.98. The van der Waals surface area contributed by atoms with Gasteiger partial charge in [-0.25, -0.2) is 26.8 Å². The minimum absolute atomic E-state index is 0.0164. The van der Waals surface area contributed by atoms with Gasteiger partial charge < -0.3 is 11.5 Å². The summed E-state index contributed by atoms with van der Waals surface area (Å²) in [6, 6.07) is 40.3. The number of carbonyl (C=O) groups is 1. The number of sulfonamides is 2. The minimum atomic E-state index is -4.25. The van der Waals surface area contributed by atoms with Gasteiger partial charge in [0.15, 0.2) is 5.78 Å². The van der Waals surface area contributed by atoms with Crippen LogP contribution in [-0.2, 0) is 20.0 Å². The Bertz CT molecular complexity index is 3400. The molecule has 0 fully saturated rings. The van der Waals surface area contributed by atoms with Gasteiger partial charge in [0.25, 0.3) is 20.0 Å². The molecule has 0 amide bonds. The van der Waals surface area contributed by atoms with Gasteiger partial charge in [-0.15, -0.1) is 0 Å². The molecular weight excluding hydrogens is 987 g/mol. The Hall–Kier alpha value is -7.47. The molecular formula is C49H30Cl4N8O5S2. The number of nitrogens with zero attached hydrogens (tertiary/aromatic N) is 4. The third-order valence-corrected chi connectivity index (χ3v) is 14.5. The maximum atomic E-state index is 13.8. The Morgan fingerprint density at radius 3 is 1.18 bits per heavy atom. The van der Waals surface area contributed by atoms with Gasteiger partial charge in [-0.3, -0.25) is 14.2 Å². The van der Waals surface area contributed by atoms with Crippen molar-refractivity contribution < 1.29 is 21.6 Å². The SMILES string of the molecule is N#Cc1c(-c2c(Cl)cccc2Cl)cc(-c2ccc(NS(=O)(=O)c3cccc(C(=O)c4cccc(S(=O)(=O)Nc5ccc(-c6cc(-c7c(Cl)cccc7Cl)c(C#N)c(N)n6)cc5)c4)c3)cc2)nc1N. The number of hydrogen-bond donors (Lipinski definition) is 4. The Kier molecular flexibility index (Phi) is 13.2. The number of hydrogen-bond acceptors (Lipinski definition) is 11. The fourth-order valence-corrected chi connectivity index (χ4v) is 10.6. The number of nitriles is 2. The Labute approximate surface area is 410 Å². The number of aromatic nitrogens is 2. The second-order valence-electron chi connectivity index (χ2n) is 14.8. The van der Waals surface area contributed by atoms with Gasteiger partial charge in [0.1, 0.15) is 34.9 Å². The minimum Gasteiger partial charge on any atom is -0.383 e. The summed E-state index contributed by atoms with van der Waals surface area (Å²) in [7, 11) is -8.50. The zero-order valence-electron chi connectivity index (χ0n) is 34.7. The molecule has 2 heterocycles. The van der Waals surface area contributed by atoms with E-state index < -0.39 is 25.8 Å². The van der Waals surface area contributed by atoms with Crippen molar-refractivity contribution in [3.63, 3.8) is 0 Å². The molecule has 68 heavy (non-hydrogen) atoms. The number of nitrogens with one attached hydrogen (secondary N) is 2. The van der Waals surface area contributed by atoms with E-state index in [1.165, 1.54) is 72.8 Å². The van der Waals surface area contributed by atoms with Crippen LogP contribution >= 0.6 is 46.4 Å². The highest BCUT2D eigenvalue weighted by atomic mass is 35.5. The molecule has 13 nitrogen and oxygen atoms in total. The van der Waals surface area contributed by atoms with Gasteiger partial charge in [0, 0.05) is 76.0 Å². The van der Waals surface area contributed by atoms with E-state index in [4.69, 9.17) is 57.9 Å². The van der Waals surface area contributed by atoms with E-state index in [9.17, 15) is 32.2 Å². The van der Waals surface area contributed by atoms with Crippen LogP contribution in [-0.4, -0.2) is 32.6 Å². The van der Waals surface area contributed by atoms with Crippen molar-refractivity contribution in [3.8, 4) is 56.9 Å². The highest BCUT2D eigenvalue weighted by Crippen LogP contribution is 2.41. The fraction of sp³-hybridized carbons (Fsp3) is 0. The first-order valence-electron chi connectivity index (χ1n) is 19.8. The molecule has 336 valence electrons. The summed E-state index contributed by atoms with van der Waals surface area (Å²) in [6.07, 6.45) is 0. The van der Waals surface area contributed by atoms with E-state index in [1.807, 2.05) is 0 Å². The van der Waals surface area contributed by atoms with Crippen LogP contribution in [0.4, 0.5) is 23.0 Å². The van der Waals surface area contributed by atoms with Crippen LogP contribution in [0, 0.1) is 22.7 Å². The number of nitrogens with two attached hydrogens (primary N) is 2. The monoisotopic (exact) mass is 1010 g/mol. The predicted octanol–water partition coefficient (Wildman–Crippen LogP) is 11.5. The maximum absolute atomic E-state index is 13.8. The van der Waals surface area contributed by atoms with E-state index in [0.717, 1.165) is 0 Å². The molecule has 0 aliphatic carbocycles. The fourth-order valence-electron chi connectivity index (χ4n) is 7.19. The number of halogens is 4. The Balaban J connectivity index is 0.977. The molecule has 0 spiro atoms. The maximum Gasteiger partial charge on any atom is 0.261 e. The second-order valence-corrected chi connectivity index (χ2v) is 19.8. The van der Waals surface area contributed by atoms with Crippen molar-refractivity contribution >= 4 is 95.2 Å². The lowest BCUT2D eigenvalue weighted by Crippen LogP contribution is -2.15. The number of ketones is 1. The summed E-state index contributed by atoms with van der Waals surface area (Å²) >= 11 is 25.8. The molecule has 8 rings (SSSR count). The lowest BCUT2D eigenvalue weighted by Gasteiger charge is -2.14. The van der Waals surface area contributed by atoms with Crippen LogP contribution in [0.25, 0.3) is 44.8 Å². The zero-order chi connectivity index (χ0) is 48.5. The molecule has 0 saturated carbocycles. The van der Waals surface area contributed by atoms with Crippen LogP contribution in [0.3, 0.4) is 0 Å². The van der Waals surface area contributed by atoms with Crippen molar-refractivity contribution in [3.05, 3.63) is 188 Å². The van der Waals surface area contributed by atoms with E-state index in [2.05, 4.69) is 31.6 Å². The van der Waals surface area contributed by atoms with Crippen molar-refractivity contribution in [2.45, 2.75) is 9.79 Å². The summed E-state index contributed by atoms with van der Waals surface area (Å²) in [5, 5.41) is 20.9. The molecule has 0 unspecified atom stereocenters. The summed E-state index contributed by atoms with van der Waals surface area (Å²) in [6.45, 7) is 0. The molecule has 6 N–H and O–H groups in total. The molecule has 0 aliphatic rings. The highest BCUT2D eigenvalue weighted by molar-refractivity contribution is 7.93. The van der Waals surface area contributed by atoms with Crippen LogP contribution in [0.1, 0.15) is 27.0 Å². The first kappa shape index (κ1) is 47.0. The molecule has 6 aromatic carbocycles. The van der Waals surface area contributed by atoms with Gasteiger partial charge >= 0.3 is 0 Å². The normalized spacial score (nSPS) is 11.3. The molecule has 0 aliphatic heterocycles. The highest BCUT2D eigenvalue weighted by Gasteiger charge is 2.23. The number of carbonyl (C=O) groups excluding carboxylic acids is 1. The lowest BCUT2D eigenvalue weighted by molar-refractivity contribution is 0.103. The average molecular weight is 1020 g/mol. The van der Waals surface area contributed by atoms with Crippen LogP contribution in [0.15, 0.2) is 155 Å². The van der Waals surface area contributed by atoms with Crippen LogP contribution in [0.5, 0.6) is 0 Å². The van der Waals surface area contributed by atoms with E-state index in [1.54, 1.807) is 72.8 Å². The summed E-state index contributed by atoms with van der Waals surface area (Å²) < 4.78 is 59.5. The van der Waals surface area contributed by atoms with Crippen molar-refractivity contribution in [2.75, 3.05) is 20.9 Å². The molecule has 8 aromatic rings. The summed E-state index contributed by atoms with van der Waals surface area (Å²) in [5.41, 5.74) is 16.3. The molecule has 2 aromatic heterocycles.